The highest BCUT2D eigenvalue weighted by Gasteiger charge is 2.24. The molecular weight excluding hydrogens is 1030 g/mol. The molecule has 2 N–H and O–H groups in total. The predicted molar refractivity (Wildman–Crippen MR) is 358 cm³/mol. The van der Waals surface area contributed by atoms with E-state index in [0.29, 0.717) is 23.9 Å². The van der Waals surface area contributed by atoms with Crippen LogP contribution in [0.5, 0.6) is 0 Å². The minimum atomic E-state index is -4.58. The van der Waals surface area contributed by atoms with Crippen LogP contribution in [0.2, 0.25) is 0 Å². The van der Waals surface area contributed by atoms with Crippen LogP contribution < -0.4 is 10.2 Å². The fourth-order valence-corrected chi connectivity index (χ4v) is 12.8. The summed E-state index contributed by atoms with van der Waals surface area (Å²) in [6, 6.07) is -0.797. The monoisotopic (exact) mass is 1180 g/mol. The molecule has 0 aliphatic carbocycles. The largest absolute Gasteiger partial charge is 0.756 e. The van der Waals surface area contributed by atoms with Crippen LogP contribution in [-0.2, 0) is 18.4 Å². The number of phosphoric acid groups is 1. The van der Waals surface area contributed by atoms with Crippen molar-refractivity contribution in [2.45, 2.75) is 424 Å². The normalized spacial score (nSPS) is 13.5. The first-order chi connectivity index (χ1) is 40.0. The third kappa shape index (κ3) is 67.0. The zero-order valence-corrected chi connectivity index (χ0v) is 57.4. The number of likely N-dealkylation sites (N-methyl/N-ethyl adjacent to an activating group) is 1. The molecule has 3 atom stereocenters. The van der Waals surface area contributed by atoms with Crippen molar-refractivity contribution >= 4 is 13.7 Å². The number of hydrogen-bond donors (Lipinski definition) is 2. The predicted octanol–water partition coefficient (Wildman–Crippen LogP) is 23.3. The Morgan fingerprint density at radius 2 is 0.598 bits per heavy atom. The lowest BCUT2D eigenvalue weighted by atomic mass is 10.0. The number of carbonyl (C=O) groups is 1. The van der Waals surface area contributed by atoms with Crippen molar-refractivity contribution in [3.63, 3.8) is 0 Å². The molecule has 0 spiro atoms. The summed E-state index contributed by atoms with van der Waals surface area (Å²) in [7, 11) is 1.33. The molecule has 0 heterocycles. The van der Waals surface area contributed by atoms with E-state index < -0.39 is 20.0 Å². The standard InChI is InChI=1S/C73H149N2O6P/c1-6-8-10-12-14-16-18-20-22-24-26-28-30-32-33-34-35-36-37-38-39-40-41-42-43-45-47-49-51-53-55-57-59-61-63-65-67-73(77)74-71(70-81-82(78,79)80-69-68-75(3,4)5)72(76)66-64-62-60-58-56-54-52-50-48-46-44-31-29-27-25-23-21-19-17-15-13-11-9-7-2/h71-72,76H,6-70H2,1-5H3,(H-,74,77,78,79). The van der Waals surface area contributed by atoms with Gasteiger partial charge in [-0.25, -0.2) is 0 Å². The summed E-state index contributed by atoms with van der Waals surface area (Å²) in [4.78, 5) is 25.7. The van der Waals surface area contributed by atoms with Gasteiger partial charge in [0.2, 0.25) is 5.91 Å². The number of phosphoric ester groups is 1. The number of aliphatic hydroxyl groups excluding tert-OH is 1. The number of unbranched alkanes of at least 4 members (excludes halogenated alkanes) is 58. The van der Waals surface area contributed by atoms with E-state index in [1.807, 2.05) is 21.1 Å². The van der Waals surface area contributed by atoms with Gasteiger partial charge in [0.05, 0.1) is 39.9 Å². The van der Waals surface area contributed by atoms with Crippen LogP contribution in [-0.4, -0.2) is 68.5 Å². The Morgan fingerprint density at radius 3 is 0.829 bits per heavy atom. The van der Waals surface area contributed by atoms with E-state index in [1.54, 1.807) is 0 Å². The summed E-state index contributed by atoms with van der Waals surface area (Å²) in [5.41, 5.74) is 0. The highest BCUT2D eigenvalue weighted by molar-refractivity contribution is 7.45. The number of hydrogen-bond acceptors (Lipinski definition) is 6. The number of nitrogens with one attached hydrogen (secondary N) is 1. The van der Waals surface area contributed by atoms with Crippen molar-refractivity contribution in [1.82, 2.24) is 5.32 Å². The summed E-state index contributed by atoms with van der Waals surface area (Å²) in [6.07, 6.45) is 82.1. The van der Waals surface area contributed by atoms with Gasteiger partial charge in [0.1, 0.15) is 13.2 Å². The van der Waals surface area contributed by atoms with Gasteiger partial charge in [-0.1, -0.05) is 393 Å². The molecule has 0 rings (SSSR count). The van der Waals surface area contributed by atoms with Gasteiger partial charge in [-0.05, 0) is 12.8 Å². The van der Waals surface area contributed by atoms with Crippen molar-refractivity contribution in [2.75, 3.05) is 40.9 Å². The van der Waals surface area contributed by atoms with Crippen molar-refractivity contribution in [1.29, 1.82) is 0 Å². The van der Waals surface area contributed by atoms with Gasteiger partial charge in [0, 0.05) is 6.42 Å². The smallest absolute Gasteiger partial charge is 0.268 e. The molecule has 0 saturated heterocycles. The van der Waals surface area contributed by atoms with Crippen LogP contribution in [0.3, 0.4) is 0 Å². The molecule has 0 aliphatic rings. The lowest BCUT2D eigenvalue weighted by molar-refractivity contribution is -0.870. The number of nitrogens with zero attached hydrogens (tertiary/aromatic N) is 1. The van der Waals surface area contributed by atoms with Crippen molar-refractivity contribution in [3.8, 4) is 0 Å². The second-order valence-corrected chi connectivity index (χ2v) is 28.8. The fraction of sp³-hybridized carbons (Fsp3) is 0.986. The molecule has 0 radical (unpaired) electrons. The highest BCUT2D eigenvalue weighted by atomic mass is 31.2. The molecule has 0 aromatic rings. The van der Waals surface area contributed by atoms with E-state index in [1.165, 1.54) is 347 Å². The van der Waals surface area contributed by atoms with Gasteiger partial charge in [0.25, 0.3) is 7.82 Å². The first-order valence-electron chi connectivity index (χ1n) is 37.4. The zero-order valence-electron chi connectivity index (χ0n) is 56.5. The molecule has 0 aliphatic heterocycles. The Bertz CT molecular complexity index is 1300. The molecule has 492 valence electrons. The Hall–Kier alpha value is -0.500. The van der Waals surface area contributed by atoms with Crippen molar-refractivity contribution in [2.24, 2.45) is 0 Å². The van der Waals surface area contributed by atoms with Crippen LogP contribution in [0.1, 0.15) is 412 Å². The van der Waals surface area contributed by atoms with Crippen LogP contribution in [0.15, 0.2) is 0 Å². The van der Waals surface area contributed by atoms with Crippen LogP contribution in [0.25, 0.3) is 0 Å². The summed E-state index contributed by atoms with van der Waals surface area (Å²) >= 11 is 0. The lowest BCUT2D eigenvalue weighted by Gasteiger charge is -2.30. The summed E-state index contributed by atoms with van der Waals surface area (Å²) < 4.78 is 23.6. The van der Waals surface area contributed by atoms with Crippen LogP contribution in [0.4, 0.5) is 0 Å². The maximum atomic E-state index is 13.1. The second kappa shape index (κ2) is 65.0. The molecule has 3 unspecified atom stereocenters. The van der Waals surface area contributed by atoms with Crippen molar-refractivity contribution in [3.05, 3.63) is 0 Å². The molecule has 0 aromatic carbocycles. The minimum absolute atomic E-state index is 0.0170. The number of amides is 1. The lowest BCUT2D eigenvalue weighted by Crippen LogP contribution is -2.46. The zero-order chi connectivity index (χ0) is 59.8. The third-order valence-electron chi connectivity index (χ3n) is 17.8. The summed E-state index contributed by atoms with van der Waals surface area (Å²) in [5.74, 6) is -0.153. The molecule has 0 saturated carbocycles. The molecule has 82 heavy (non-hydrogen) atoms. The first-order valence-corrected chi connectivity index (χ1v) is 38.8. The van der Waals surface area contributed by atoms with E-state index in [2.05, 4.69) is 19.2 Å². The maximum absolute atomic E-state index is 13.1. The molecule has 9 heteroatoms. The molecule has 0 fully saturated rings. The molecule has 1 amide bonds. The second-order valence-electron chi connectivity index (χ2n) is 27.4. The average molecular weight is 1180 g/mol. The Kier molecular flexibility index (Phi) is 64.6. The Morgan fingerprint density at radius 1 is 0.378 bits per heavy atom. The molecule has 8 nitrogen and oxygen atoms in total. The topological polar surface area (TPSA) is 108 Å². The number of rotatable bonds is 71. The van der Waals surface area contributed by atoms with Crippen LogP contribution >= 0.6 is 7.82 Å². The SMILES string of the molecule is CCCCCCCCCCCCCCCCCCCCCCCCCCCCCCCCCCCCCCC(=O)NC(COP(=O)([O-])OCC[N+](C)(C)C)C(O)CCCCCCCCCCCCCCCCCCCCCCCCCC. The van der Waals surface area contributed by atoms with E-state index in [4.69, 9.17) is 9.05 Å². The van der Waals surface area contributed by atoms with Crippen LogP contribution in [0, 0.1) is 0 Å². The third-order valence-corrected chi connectivity index (χ3v) is 18.8. The van der Waals surface area contributed by atoms with Gasteiger partial charge in [-0.15, -0.1) is 0 Å². The van der Waals surface area contributed by atoms with Crippen molar-refractivity contribution < 1.29 is 32.9 Å². The highest BCUT2D eigenvalue weighted by Crippen LogP contribution is 2.38. The number of aliphatic hydroxyl groups is 1. The maximum Gasteiger partial charge on any atom is 0.268 e. The van der Waals surface area contributed by atoms with Gasteiger partial charge in [0.15, 0.2) is 0 Å². The van der Waals surface area contributed by atoms with Gasteiger partial charge in [-0.2, -0.15) is 0 Å². The molecule has 0 aromatic heterocycles. The Balaban J connectivity index is 3.90. The minimum Gasteiger partial charge on any atom is -0.756 e. The van der Waals surface area contributed by atoms with Gasteiger partial charge in [-0.3, -0.25) is 9.36 Å². The fourth-order valence-electron chi connectivity index (χ4n) is 12.0. The van der Waals surface area contributed by atoms with E-state index >= 15 is 0 Å². The van der Waals surface area contributed by atoms with E-state index in [-0.39, 0.29) is 19.1 Å². The van der Waals surface area contributed by atoms with E-state index in [9.17, 15) is 19.4 Å². The summed E-state index contributed by atoms with van der Waals surface area (Å²) in [6.45, 7) is 4.80. The van der Waals surface area contributed by atoms with Gasteiger partial charge >= 0.3 is 0 Å². The number of quaternary nitrogens is 1. The molecule has 0 bridgehead atoms. The van der Waals surface area contributed by atoms with Gasteiger partial charge < -0.3 is 28.8 Å². The van der Waals surface area contributed by atoms with E-state index in [0.717, 1.165) is 38.5 Å². The Labute approximate surface area is 514 Å². The summed E-state index contributed by atoms with van der Waals surface area (Å²) in [5, 5.41) is 14.1. The first kappa shape index (κ1) is 81.5. The molecular formula is C73H149N2O6P. The number of carbonyl (C=O) groups excluding carboxylic acids is 1. The quantitative estimate of drug-likeness (QED) is 0.0357. The average Bonchev–Trinajstić information content (AvgIpc) is 3.46.